The molecule has 0 fully saturated rings. The summed E-state index contributed by atoms with van der Waals surface area (Å²) in [6.45, 7) is 10.9. The SMILES string of the molecule is [2H]C([2H])([2H])c1c[c-]c(-c2cc(C(C)(C)C)ccn2)cc1.[2H]C([2H])([2H])c1c[c-]c(-c2nc3ccc4ccccc4c3n2-c2c(C(C)C)cc(-c3ccccc3)cc2C(C)C)c2oc3cc4c(ccc5ccccc54)cc3c12.[Ir]. The zero-order chi connectivity index (χ0) is 53.4. The van der Waals surface area contributed by atoms with Crippen LogP contribution in [0.2, 0.25) is 0 Å². The van der Waals surface area contributed by atoms with E-state index in [-0.39, 0.29) is 42.9 Å². The molecule has 9 aromatic carbocycles. The molecule has 0 atom stereocenters. The van der Waals surface area contributed by atoms with E-state index in [1.165, 1.54) is 33.9 Å². The van der Waals surface area contributed by atoms with E-state index >= 15 is 0 Å². The van der Waals surface area contributed by atoms with Crippen molar-refractivity contribution in [2.24, 2.45) is 0 Å². The molecule has 0 aliphatic carbocycles. The number of imidazole rings is 1. The summed E-state index contributed by atoms with van der Waals surface area (Å²) in [6.07, 6.45) is 1.78. The Morgan fingerprint density at radius 2 is 1.31 bits per heavy atom. The molecule has 12 rings (SSSR count). The van der Waals surface area contributed by atoms with Gasteiger partial charge in [-0.15, -0.1) is 53.1 Å². The van der Waals surface area contributed by atoms with Gasteiger partial charge in [0.25, 0.3) is 0 Å². The standard InChI is InChI=1S/C50H39N2O.C16H18N.Ir/c1-29(2)40-26-36(32-13-7-6-8-14-32)27-41(30(3)4)47(40)52-48-38-18-12-10-16-34(38)22-24-44(48)51-50(52)39-23-19-31(5)46-43-25-35-21-20-33-15-9-11-17-37(33)42(35)28-45(43)53-49(39)46;1-12-5-7-13(8-6-12)15-11-14(9-10-17-15)16(2,3)4;/h6-22,24-30H,1-5H3;5-7,9-11H,1-4H3;/q2*-1;/i5D3;1D3;. The molecule has 4 nitrogen and oxygen atoms in total. The summed E-state index contributed by atoms with van der Waals surface area (Å²) in [4.78, 5) is 9.77. The van der Waals surface area contributed by atoms with Gasteiger partial charge in [0.2, 0.25) is 0 Å². The number of rotatable bonds is 6. The van der Waals surface area contributed by atoms with Crippen LogP contribution in [0.15, 0.2) is 174 Å². The van der Waals surface area contributed by atoms with Crippen molar-refractivity contribution in [3.8, 4) is 39.5 Å². The van der Waals surface area contributed by atoms with Crippen LogP contribution < -0.4 is 0 Å². The number of fused-ring (bicyclic) bond motifs is 9. The van der Waals surface area contributed by atoms with E-state index in [9.17, 15) is 0 Å². The van der Waals surface area contributed by atoms with Gasteiger partial charge in [-0.25, -0.2) is 0 Å². The van der Waals surface area contributed by atoms with E-state index < -0.39 is 13.7 Å². The van der Waals surface area contributed by atoms with E-state index in [0.29, 0.717) is 33.5 Å². The van der Waals surface area contributed by atoms with Gasteiger partial charge in [0, 0.05) is 51.0 Å². The molecule has 0 bridgehead atoms. The topological polar surface area (TPSA) is 43.9 Å². The molecule has 0 amide bonds. The normalized spacial score (nSPS) is 13.5. The third-order valence-electron chi connectivity index (χ3n) is 13.6. The van der Waals surface area contributed by atoms with Crippen molar-refractivity contribution in [3.05, 3.63) is 210 Å². The summed E-state index contributed by atoms with van der Waals surface area (Å²) in [5.41, 5.74) is 12.7. The molecule has 0 aliphatic rings. The van der Waals surface area contributed by atoms with Crippen molar-refractivity contribution in [1.29, 1.82) is 0 Å². The number of pyridine rings is 1. The minimum Gasteiger partial charge on any atom is -0.501 e. The Morgan fingerprint density at radius 1 is 0.620 bits per heavy atom. The molecule has 0 N–H and O–H groups in total. The summed E-state index contributed by atoms with van der Waals surface area (Å²) in [6, 6.07) is 61.6. The van der Waals surface area contributed by atoms with E-state index in [0.717, 1.165) is 65.7 Å². The maximum absolute atomic E-state index is 8.66. The number of nitrogens with zero attached hydrogens (tertiary/aromatic N) is 3. The summed E-state index contributed by atoms with van der Waals surface area (Å²) < 4.78 is 57.3. The second-order valence-corrected chi connectivity index (χ2v) is 20.0. The average Bonchev–Trinajstić information content (AvgIpc) is 4.21. The number of aryl methyl sites for hydroxylation is 2. The van der Waals surface area contributed by atoms with Crippen LogP contribution in [-0.4, -0.2) is 14.5 Å². The number of hydrogen-bond acceptors (Lipinski definition) is 3. The van der Waals surface area contributed by atoms with Gasteiger partial charge in [-0.05, 0) is 114 Å². The molecule has 353 valence electrons. The predicted molar refractivity (Wildman–Crippen MR) is 295 cm³/mol. The first-order valence-electron chi connectivity index (χ1n) is 27.1. The molecule has 3 heterocycles. The Balaban J connectivity index is 0.000000271. The van der Waals surface area contributed by atoms with Crippen molar-refractivity contribution < 1.29 is 32.7 Å². The van der Waals surface area contributed by atoms with E-state index in [2.05, 4.69) is 185 Å². The van der Waals surface area contributed by atoms with Crippen LogP contribution in [-0.2, 0) is 25.5 Å². The van der Waals surface area contributed by atoms with Gasteiger partial charge in [-0.2, -0.15) is 0 Å². The van der Waals surface area contributed by atoms with Gasteiger partial charge in [0.05, 0.1) is 22.4 Å². The van der Waals surface area contributed by atoms with Gasteiger partial charge in [-0.3, -0.25) is 4.98 Å². The second kappa shape index (κ2) is 18.9. The van der Waals surface area contributed by atoms with Crippen LogP contribution in [0.1, 0.15) is 96.3 Å². The smallest absolute Gasteiger partial charge is 0.121 e. The monoisotopic (exact) mass is 1110 g/mol. The zero-order valence-corrected chi connectivity index (χ0v) is 43.3. The predicted octanol–water partition coefficient (Wildman–Crippen LogP) is 18.2. The van der Waals surface area contributed by atoms with Gasteiger partial charge < -0.3 is 14.0 Å². The van der Waals surface area contributed by atoms with Crippen LogP contribution in [0.25, 0.3) is 105 Å². The summed E-state index contributed by atoms with van der Waals surface area (Å²) >= 11 is 0. The van der Waals surface area contributed by atoms with Crippen LogP contribution >= 0.6 is 0 Å². The van der Waals surface area contributed by atoms with Crippen molar-refractivity contribution in [1.82, 2.24) is 14.5 Å². The fourth-order valence-corrected chi connectivity index (χ4v) is 9.96. The van der Waals surface area contributed by atoms with Gasteiger partial charge in [0.15, 0.2) is 0 Å². The van der Waals surface area contributed by atoms with Crippen LogP contribution in [0, 0.1) is 25.8 Å². The Morgan fingerprint density at radius 3 is 2.00 bits per heavy atom. The fraction of sp³-hybridized carbons (Fsp3) is 0.182. The van der Waals surface area contributed by atoms with E-state index in [4.69, 9.17) is 17.6 Å². The Bertz CT molecular complexity index is 4160. The van der Waals surface area contributed by atoms with Crippen LogP contribution in [0.3, 0.4) is 0 Å². The van der Waals surface area contributed by atoms with Gasteiger partial charge in [0.1, 0.15) is 5.58 Å². The number of benzene rings is 9. The molecule has 12 aromatic rings. The summed E-state index contributed by atoms with van der Waals surface area (Å²) in [7, 11) is 0. The van der Waals surface area contributed by atoms with Crippen molar-refractivity contribution >= 4 is 65.3 Å². The first kappa shape index (κ1) is 40.5. The molecule has 0 aliphatic heterocycles. The molecular weight excluding hydrogens is 1040 g/mol. The van der Waals surface area contributed by atoms with E-state index in [1.807, 2.05) is 24.3 Å². The average molecular weight is 1110 g/mol. The number of furan rings is 1. The van der Waals surface area contributed by atoms with Gasteiger partial charge >= 0.3 is 0 Å². The third kappa shape index (κ3) is 8.66. The molecule has 0 spiro atoms. The van der Waals surface area contributed by atoms with Crippen molar-refractivity contribution in [3.63, 3.8) is 0 Å². The van der Waals surface area contributed by atoms with Crippen LogP contribution in [0.4, 0.5) is 0 Å². The molecule has 0 saturated carbocycles. The molecule has 3 aromatic heterocycles. The summed E-state index contributed by atoms with van der Waals surface area (Å²) in [5, 5.41) is 7.84. The molecule has 5 heteroatoms. The first-order valence-corrected chi connectivity index (χ1v) is 24.1. The maximum Gasteiger partial charge on any atom is 0.121 e. The molecule has 1 radical (unpaired) electrons. The first-order chi connectivity index (χ1) is 36.2. The van der Waals surface area contributed by atoms with Crippen LogP contribution in [0.5, 0.6) is 0 Å². The van der Waals surface area contributed by atoms with Crippen molar-refractivity contribution in [2.45, 2.75) is 79.4 Å². The molecule has 0 unspecified atom stereocenters. The summed E-state index contributed by atoms with van der Waals surface area (Å²) in [5.74, 6) is 0.993. The molecular formula is C66H57IrN3O-2. The minimum absolute atomic E-state index is 0. The third-order valence-corrected chi connectivity index (χ3v) is 13.6. The van der Waals surface area contributed by atoms with Crippen molar-refractivity contribution in [2.75, 3.05) is 0 Å². The Labute approximate surface area is 439 Å². The number of hydrogen-bond donors (Lipinski definition) is 0. The minimum atomic E-state index is -2.40. The zero-order valence-electron chi connectivity index (χ0n) is 46.9. The largest absolute Gasteiger partial charge is 0.501 e. The molecule has 71 heavy (non-hydrogen) atoms. The number of aromatic nitrogens is 3. The quantitative estimate of drug-likeness (QED) is 0.123. The molecule has 0 saturated heterocycles. The second-order valence-electron chi connectivity index (χ2n) is 20.0. The maximum atomic E-state index is 8.66. The van der Waals surface area contributed by atoms with Gasteiger partial charge in [-0.1, -0.05) is 176 Å². The fourth-order valence-electron chi connectivity index (χ4n) is 9.96. The Hall–Kier alpha value is -7.17. The van der Waals surface area contributed by atoms with E-state index in [1.54, 1.807) is 24.4 Å². The Kier molecular flexibility index (Phi) is 10.8.